The zero-order valence-electron chi connectivity index (χ0n) is 18.6. The van der Waals surface area contributed by atoms with Crippen LogP contribution < -0.4 is 0 Å². The van der Waals surface area contributed by atoms with E-state index in [-0.39, 0.29) is 22.3 Å². The minimum Gasteiger partial charge on any atom is -0.490 e. The molecule has 0 N–H and O–H groups in total. The van der Waals surface area contributed by atoms with Crippen molar-refractivity contribution in [2.75, 3.05) is 6.61 Å². The summed E-state index contributed by atoms with van der Waals surface area (Å²) in [5.74, 6) is 0.985. The van der Waals surface area contributed by atoms with Crippen molar-refractivity contribution in [2.24, 2.45) is 0 Å². The highest BCUT2D eigenvalue weighted by Crippen LogP contribution is 2.39. The molecule has 0 spiro atoms. The van der Waals surface area contributed by atoms with Crippen molar-refractivity contribution >= 4 is 16.6 Å². The number of rotatable bonds is 5. The van der Waals surface area contributed by atoms with Crippen LogP contribution in [-0.4, -0.2) is 35.4 Å². The highest BCUT2D eigenvalue weighted by Gasteiger charge is 2.41. The molecule has 0 fully saturated rings. The molecule has 0 radical (unpaired) electrons. The lowest BCUT2D eigenvalue weighted by Gasteiger charge is -2.40. The number of ether oxygens (including phenoxy) is 1. The van der Waals surface area contributed by atoms with Crippen molar-refractivity contribution in [1.29, 1.82) is 0 Å². The molecular weight excluding hydrogens is 344 g/mol. The van der Waals surface area contributed by atoms with Crippen molar-refractivity contribution < 1.29 is 13.6 Å². The van der Waals surface area contributed by atoms with E-state index < -0.39 is 16.6 Å². The van der Waals surface area contributed by atoms with Gasteiger partial charge in [-0.05, 0) is 62.1 Å². The van der Waals surface area contributed by atoms with Crippen LogP contribution in [0.3, 0.4) is 0 Å². The van der Waals surface area contributed by atoms with Crippen LogP contribution in [0.5, 0.6) is 0 Å². The Morgan fingerprint density at radius 3 is 2.00 bits per heavy atom. The first-order chi connectivity index (χ1) is 11.1. The van der Waals surface area contributed by atoms with Gasteiger partial charge in [0, 0.05) is 0 Å². The van der Waals surface area contributed by atoms with Gasteiger partial charge in [-0.15, -0.1) is 0 Å². The normalized spacial score (nSPS) is 23.7. The van der Waals surface area contributed by atoms with Gasteiger partial charge in [-0.1, -0.05) is 41.5 Å². The summed E-state index contributed by atoms with van der Waals surface area (Å²) in [7, 11) is -3.53. The van der Waals surface area contributed by atoms with Crippen molar-refractivity contribution in [3.05, 3.63) is 11.8 Å². The quantitative estimate of drug-likeness (QED) is 0.506. The summed E-state index contributed by atoms with van der Waals surface area (Å²) in [4.78, 5) is 0. The van der Waals surface area contributed by atoms with Gasteiger partial charge in [-0.25, -0.2) is 0 Å². The highest BCUT2D eigenvalue weighted by atomic mass is 28.4. The van der Waals surface area contributed by atoms with E-state index in [0.717, 1.165) is 18.6 Å². The van der Waals surface area contributed by atoms with Crippen molar-refractivity contribution in [3.8, 4) is 0 Å². The van der Waals surface area contributed by atoms with Crippen molar-refractivity contribution in [2.45, 2.75) is 110 Å². The number of allylic oxidation sites excluding steroid dienone is 1. The molecule has 0 bridgehead atoms. The van der Waals surface area contributed by atoms with Crippen LogP contribution in [0, 0.1) is 0 Å². The van der Waals surface area contributed by atoms with E-state index in [1.165, 1.54) is 0 Å². The molecule has 0 saturated carbocycles. The van der Waals surface area contributed by atoms with E-state index in [4.69, 9.17) is 13.6 Å². The Balaban J connectivity index is 2.68. The molecule has 5 heteroatoms. The fourth-order valence-corrected chi connectivity index (χ4v) is 4.63. The Kier molecular flexibility index (Phi) is 7.22. The summed E-state index contributed by atoms with van der Waals surface area (Å²) in [6.07, 6.45) is 4.48. The van der Waals surface area contributed by atoms with Gasteiger partial charge in [0.25, 0.3) is 0 Å². The predicted molar refractivity (Wildman–Crippen MR) is 113 cm³/mol. The zero-order valence-corrected chi connectivity index (χ0v) is 20.6. The summed E-state index contributed by atoms with van der Waals surface area (Å²) >= 11 is 0. The van der Waals surface area contributed by atoms with E-state index in [2.05, 4.69) is 80.7 Å². The fraction of sp³-hybridized carbons (Fsp3) is 0.900. The SMILES string of the molecule is C[C@@H]1OC(CO[Si](C)(C)C(C)(C)C)=CCC[C@H]1O[Si](C)(C)C(C)(C)C. The molecule has 3 nitrogen and oxygen atoms in total. The Bertz CT molecular complexity index is 470. The predicted octanol–water partition coefficient (Wildman–Crippen LogP) is 6.48. The van der Waals surface area contributed by atoms with Gasteiger partial charge in [0.05, 0.1) is 12.7 Å². The molecule has 0 aromatic carbocycles. The third-order valence-electron chi connectivity index (χ3n) is 6.32. The molecule has 1 aliphatic rings. The molecule has 0 unspecified atom stereocenters. The maximum absolute atomic E-state index is 6.63. The summed E-state index contributed by atoms with van der Waals surface area (Å²) in [6, 6.07) is 0. The maximum atomic E-state index is 6.63. The molecule has 0 amide bonds. The average Bonchev–Trinajstić information content (AvgIpc) is 2.56. The third kappa shape index (κ3) is 6.22. The first-order valence-electron chi connectivity index (χ1n) is 9.74. The van der Waals surface area contributed by atoms with Crippen LogP contribution >= 0.6 is 0 Å². The Hall–Kier alpha value is -0.106. The molecule has 1 heterocycles. The van der Waals surface area contributed by atoms with Gasteiger partial charge in [0.15, 0.2) is 16.6 Å². The average molecular weight is 387 g/mol. The van der Waals surface area contributed by atoms with Gasteiger partial charge < -0.3 is 13.6 Å². The zero-order chi connectivity index (χ0) is 19.7. The van der Waals surface area contributed by atoms with Gasteiger partial charge in [0.2, 0.25) is 0 Å². The monoisotopic (exact) mass is 386 g/mol. The largest absolute Gasteiger partial charge is 0.490 e. The van der Waals surface area contributed by atoms with Gasteiger partial charge >= 0.3 is 0 Å². The van der Waals surface area contributed by atoms with E-state index >= 15 is 0 Å². The van der Waals surface area contributed by atoms with E-state index in [0.29, 0.717) is 6.61 Å². The van der Waals surface area contributed by atoms with Gasteiger partial charge in [0.1, 0.15) is 11.9 Å². The summed E-state index contributed by atoms with van der Waals surface area (Å²) in [6.45, 7) is 25.6. The van der Waals surface area contributed by atoms with Crippen molar-refractivity contribution in [1.82, 2.24) is 0 Å². The lowest BCUT2D eigenvalue weighted by Crippen LogP contribution is -2.46. The third-order valence-corrected chi connectivity index (χ3v) is 15.3. The first-order valence-corrected chi connectivity index (χ1v) is 15.6. The second-order valence-electron chi connectivity index (χ2n) is 10.5. The molecule has 0 aromatic rings. The molecular formula is C20H42O3Si2. The smallest absolute Gasteiger partial charge is 0.192 e. The summed E-state index contributed by atoms with van der Waals surface area (Å²) in [5, 5.41) is 0.443. The lowest BCUT2D eigenvalue weighted by molar-refractivity contribution is 0.00868. The Morgan fingerprint density at radius 2 is 1.52 bits per heavy atom. The number of hydrogen-bond acceptors (Lipinski definition) is 3. The van der Waals surface area contributed by atoms with E-state index in [9.17, 15) is 0 Å². The summed E-state index contributed by atoms with van der Waals surface area (Å²) < 4.78 is 19.2. The Morgan fingerprint density at radius 1 is 1.00 bits per heavy atom. The fourth-order valence-electron chi connectivity index (χ4n) is 2.28. The van der Waals surface area contributed by atoms with Crippen LogP contribution in [0.25, 0.3) is 0 Å². The molecule has 148 valence electrons. The number of hydrogen-bond donors (Lipinski definition) is 0. The maximum Gasteiger partial charge on any atom is 0.192 e. The highest BCUT2D eigenvalue weighted by molar-refractivity contribution is 6.74. The standard InChI is InChI=1S/C20H42O3Si2/c1-16-18(23-25(10,11)20(5,6)7)14-12-13-17(22-16)15-21-24(8,9)19(2,3)4/h13,16,18H,12,14-15H2,1-11H3/t16-,18+/m0/s1. The van der Waals surface area contributed by atoms with Crippen LogP contribution in [0.15, 0.2) is 11.8 Å². The molecule has 2 atom stereocenters. The molecule has 1 rings (SSSR count). The minimum absolute atomic E-state index is 0.0749. The lowest BCUT2D eigenvalue weighted by atomic mass is 10.1. The van der Waals surface area contributed by atoms with Crippen LogP contribution in [0.4, 0.5) is 0 Å². The topological polar surface area (TPSA) is 27.7 Å². The van der Waals surface area contributed by atoms with Crippen LogP contribution in [-0.2, 0) is 13.6 Å². The molecule has 25 heavy (non-hydrogen) atoms. The van der Waals surface area contributed by atoms with Gasteiger partial charge in [-0.2, -0.15) is 0 Å². The minimum atomic E-state index is -1.78. The molecule has 1 aliphatic heterocycles. The summed E-state index contributed by atoms with van der Waals surface area (Å²) in [5.41, 5.74) is 0. The van der Waals surface area contributed by atoms with Crippen molar-refractivity contribution in [3.63, 3.8) is 0 Å². The van der Waals surface area contributed by atoms with E-state index in [1.54, 1.807) is 0 Å². The van der Waals surface area contributed by atoms with Gasteiger partial charge in [-0.3, -0.25) is 0 Å². The second-order valence-corrected chi connectivity index (χ2v) is 20.1. The molecule has 0 aliphatic carbocycles. The second kappa shape index (κ2) is 7.87. The molecule has 0 saturated heterocycles. The van der Waals surface area contributed by atoms with Crippen LogP contribution in [0.1, 0.15) is 61.3 Å². The molecule has 0 aromatic heterocycles. The van der Waals surface area contributed by atoms with Crippen LogP contribution in [0.2, 0.25) is 36.3 Å². The Labute approximate surface area is 158 Å². The van der Waals surface area contributed by atoms with E-state index in [1.807, 2.05) is 0 Å². The first kappa shape index (κ1) is 22.9.